The molecular weight excluding hydrogens is 357 g/mol. The zero-order valence-corrected chi connectivity index (χ0v) is 16.0. The van der Waals surface area contributed by atoms with Crippen molar-refractivity contribution in [3.63, 3.8) is 0 Å². The highest BCUT2D eigenvalue weighted by atomic mass is 19.1. The lowest BCUT2D eigenvalue weighted by Crippen LogP contribution is -2.34. The van der Waals surface area contributed by atoms with Crippen molar-refractivity contribution in [3.8, 4) is 0 Å². The lowest BCUT2D eigenvalue weighted by molar-refractivity contribution is 0.0761. The molecule has 6 heteroatoms. The van der Waals surface area contributed by atoms with Crippen LogP contribution in [0, 0.1) is 12.7 Å². The van der Waals surface area contributed by atoms with Crippen LogP contribution in [0.1, 0.15) is 28.5 Å². The number of pyridine rings is 2. The van der Waals surface area contributed by atoms with Crippen molar-refractivity contribution in [1.29, 1.82) is 0 Å². The van der Waals surface area contributed by atoms with Crippen molar-refractivity contribution in [2.45, 2.75) is 26.9 Å². The highest BCUT2D eigenvalue weighted by Crippen LogP contribution is 2.14. The summed E-state index contributed by atoms with van der Waals surface area (Å²) in [5.41, 5.74) is 1.88. The first-order valence-corrected chi connectivity index (χ1v) is 9.10. The molecule has 3 aromatic rings. The minimum absolute atomic E-state index is 0.0870. The first-order valence-electron chi connectivity index (χ1n) is 9.10. The summed E-state index contributed by atoms with van der Waals surface area (Å²) in [6.07, 6.45) is 3.17. The SMILES string of the molecule is C=CCN(Cc1ccc(F)cc1)C(=O)c1cn(CC)c2nc(C)ccc2c1=O. The molecule has 3 rings (SSSR count). The first kappa shape index (κ1) is 19.5. The van der Waals surface area contributed by atoms with Gasteiger partial charge in [0.2, 0.25) is 5.43 Å². The molecule has 0 N–H and O–H groups in total. The summed E-state index contributed by atoms with van der Waals surface area (Å²) < 4.78 is 15.0. The average molecular weight is 379 g/mol. The van der Waals surface area contributed by atoms with Gasteiger partial charge in [0.15, 0.2) is 0 Å². The standard InChI is InChI=1S/C22H22FN3O2/c1-4-12-26(13-16-7-9-17(23)10-8-16)22(28)19-14-25(5-2)21-18(20(19)27)11-6-15(3)24-21/h4,6-11,14H,1,5,12-13H2,2-3H3. The van der Waals surface area contributed by atoms with Crippen LogP contribution in [0.3, 0.4) is 0 Å². The number of benzene rings is 1. The van der Waals surface area contributed by atoms with Crippen LogP contribution in [0.2, 0.25) is 0 Å². The van der Waals surface area contributed by atoms with E-state index in [1.165, 1.54) is 17.0 Å². The van der Waals surface area contributed by atoms with Crippen LogP contribution in [0.4, 0.5) is 4.39 Å². The zero-order chi connectivity index (χ0) is 20.3. The lowest BCUT2D eigenvalue weighted by Gasteiger charge is -2.22. The van der Waals surface area contributed by atoms with Crippen molar-refractivity contribution in [2.24, 2.45) is 0 Å². The topological polar surface area (TPSA) is 55.2 Å². The fourth-order valence-corrected chi connectivity index (χ4v) is 3.11. The Morgan fingerprint density at radius 2 is 1.96 bits per heavy atom. The number of carbonyl (C=O) groups excluding carboxylic acids is 1. The van der Waals surface area contributed by atoms with E-state index >= 15 is 0 Å². The molecule has 0 atom stereocenters. The number of amides is 1. The second-order valence-electron chi connectivity index (χ2n) is 6.58. The summed E-state index contributed by atoms with van der Waals surface area (Å²) in [6.45, 7) is 8.59. The van der Waals surface area contributed by atoms with Crippen LogP contribution in [-0.2, 0) is 13.1 Å². The summed E-state index contributed by atoms with van der Waals surface area (Å²) in [5.74, 6) is -0.729. The van der Waals surface area contributed by atoms with E-state index in [1.54, 1.807) is 41.1 Å². The summed E-state index contributed by atoms with van der Waals surface area (Å²) in [4.78, 5) is 32.1. The molecule has 5 nitrogen and oxygen atoms in total. The van der Waals surface area contributed by atoms with Gasteiger partial charge in [0, 0.05) is 31.5 Å². The minimum atomic E-state index is -0.390. The molecule has 1 aromatic carbocycles. The number of carbonyl (C=O) groups is 1. The smallest absolute Gasteiger partial charge is 0.259 e. The molecule has 0 saturated heterocycles. The lowest BCUT2D eigenvalue weighted by atomic mass is 10.1. The third kappa shape index (κ3) is 3.86. The number of fused-ring (bicyclic) bond motifs is 1. The Morgan fingerprint density at radius 1 is 1.25 bits per heavy atom. The van der Waals surface area contributed by atoms with Crippen molar-refractivity contribution >= 4 is 16.9 Å². The molecule has 0 aliphatic carbocycles. The van der Waals surface area contributed by atoms with E-state index in [4.69, 9.17) is 0 Å². The first-order chi connectivity index (χ1) is 13.4. The van der Waals surface area contributed by atoms with Crippen LogP contribution in [-0.4, -0.2) is 26.9 Å². The number of aromatic nitrogens is 2. The Bertz CT molecular complexity index is 1090. The van der Waals surface area contributed by atoms with Gasteiger partial charge in [-0.15, -0.1) is 6.58 Å². The van der Waals surface area contributed by atoms with Gasteiger partial charge in [0.25, 0.3) is 5.91 Å². The van der Waals surface area contributed by atoms with Gasteiger partial charge >= 0.3 is 0 Å². The highest BCUT2D eigenvalue weighted by Gasteiger charge is 2.21. The minimum Gasteiger partial charge on any atom is -0.332 e. The quantitative estimate of drug-likeness (QED) is 0.614. The molecule has 0 bridgehead atoms. The fraction of sp³-hybridized carbons (Fsp3) is 0.227. The van der Waals surface area contributed by atoms with E-state index in [0.29, 0.717) is 17.6 Å². The second-order valence-corrected chi connectivity index (χ2v) is 6.58. The van der Waals surface area contributed by atoms with Gasteiger partial charge in [-0.05, 0) is 43.7 Å². The number of aryl methyl sites for hydroxylation is 2. The maximum absolute atomic E-state index is 13.2. The van der Waals surface area contributed by atoms with Gasteiger partial charge in [-0.1, -0.05) is 18.2 Å². The Balaban J connectivity index is 2.05. The van der Waals surface area contributed by atoms with E-state index < -0.39 is 0 Å². The average Bonchev–Trinajstić information content (AvgIpc) is 2.69. The molecule has 0 fully saturated rings. The molecule has 0 saturated carbocycles. The molecule has 0 radical (unpaired) electrons. The van der Waals surface area contributed by atoms with Gasteiger partial charge in [-0.2, -0.15) is 0 Å². The Hall–Kier alpha value is -3.28. The molecule has 1 amide bonds. The second kappa shape index (κ2) is 8.17. The fourth-order valence-electron chi connectivity index (χ4n) is 3.11. The van der Waals surface area contributed by atoms with Crippen LogP contribution >= 0.6 is 0 Å². The van der Waals surface area contributed by atoms with E-state index in [-0.39, 0.29) is 35.8 Å². The molecule has 0 spiro atoms. The van der Waals surface area contributed by atoms with Crippen molar-refractivity contribution in [1.82, 2.24) is 14.5 Å². The van der Waals surface area contributed by atoms with Crippen LogP contribution in [0.25, 0.3) is 11.0 Å². The summed E-state index contributed by atoms with van der Waals surface area (Å²) >= 11 is 0. The van der Waals surface area contributed by atoms with Crippen molar-refractivity contribution in [3.05, 3.63) is 88.1 Å². The highest BCUT2D eigenvalue weighted by molar-refractivity contribution is 5.97. The van der Waals surface area contributed by atoms with E-state index in [9.17, 15) is 14.0 Å². The summed E-state index contributed by atoms with van der Waals surface area (Å²) in [6, 6.07) is 9.41. The maximum Gasteiger partial charge on any atom is 0.259 e. The normalized spacial score (nSPS) is 10.8. The molecule has 0 aliphatic rings. The number of hydrogen-bond acceptors (Lipinski definition) is 3. The molecule has 28 heavy (non-hydrogen) atoms. The summed E-state index contributed by atoms with van der Waals surface area (Å²) in [5, 5.41) is 0.415. The Kier molecular flexibility index (Phi) is 5.68. The van der Waals surface area contributed by atoms with Crippen LogP contribution < -0.4 is 5.43 Å². The third-order valence-electron chi connectivity index (χ3n) is 4.56. The van der Waals surface area contributed by atoms with Crippen molar-refractivity contribution < 1.29 is 9.18 Å². The van der Waals surface area contributed by atoms with Gasteiger partial charge in [-0.25, -0.2) is 9.37 Å². The number of hydrogen-bond donors (Lipinski definition) is 0. The van der Waals surface area contributed by atoms with E-state index in [1.807, 2.05) is 13.8 Å². The number of rotatable bonds is 6. The maximum atomic E-state index is 13.2. The van der Waals surface area contributed by atoms with E-state index in [2.05, 4.69) is 11.6 Å². The van der Waals surface area contributed by atoms with Gasteiger partial charge in [0.05, 0.1) is 5.39 Å². The van der Waals surface area contributed by atoms with Crippen LogP contribution in [0.15, 0.2) is 60.0 Å². The van der Waals surface area contributed by atoms with Crippen molar-refractivity contribution in [2.75, 3.05) is 6.54 Å². The summed E-state index contributed by atoms with van der Waals surface area (Å²) in [7, 11) is 0. The Labute approximate surface area is 162 Å². The largest absolute Gasteiger partial charge is 0.332 e. The number of halogens is 1. The van der Waals surface area contributed by atoms with Crippen LogP contribution in [0.5, 0.6) is 0 Å². The monoisotopic (exact) mass is 379 g/mol. The van der Waals surface area contributed by atoms with Gasteiger partial charge in [-0.3, -0.25) is 9.59 Å². The van der Waals surface area contributed by atoms with E-state index in [0.717, 1.165) is 11.3 Å². The predicted molar refractivity (Wildman–Crippen MR) is 108 cm³/mol. The molecular formula is C22H22FN3O2. The zero-order valence-electron chi connectivity index (χ0n) is 16.0. The third-order valence-corrected chi connectivity index (χ3v) is 4.56. The molecule has 144 valence electrons. The molecule has 0 unspecified atom stereocenters. The number of nitrogens with zero attached hydrogens (tertiary/aromatic N) is 3. The Morgan fingerprint density at radius 3 is 2.61 bits per heavy atom. The molecule has 0 aliphatic heterocycles. The van der Waals surface area contributed by atoms with Gasteiger partial charge < -0.3 is 9.47 Å². The molecule has 2 heterocycles. The molecule has 2 aromatic heterocycles. The predicted octanol–water partition coefficient (Wildman–Crippen LogP) is 3.69. The van der Waals surface area contributed by atoms with Gasteiger partial charge in [0.1, 0.15) is 17.0 Å².